The first-order chi connectivity index (χ1) is 32.5. The van der Waals surface area contributed by atoms with E-state index in [1.165, 1.54) is 173 Å². The van der Waals surface area contributed by atoms with E-state index in [1.54, 1.807) is 0 Å². The molecule has 6 nitrogen and oxygen atoms in total. The quantitative estimate of drug-likeness (QED) is 0.0199. The maximum Gasteiger partial charge on any atom is 0.306 e. The van der Waals surface area contributed by atoms with E-state index in [1.807, 2.05) is 30.4 Å². The number of allylic oxidation sites excluding steroid dienone is 10. The number of rotatable bonds is 51. The molecule has 0 rings (SSSR count). The Morgan fingerprint density at radius 2 is 0.606 bits per heavy atom. The van der Waals surface area contributed by atoms with Gasteiger partial charge in [0.15, 0.2) is 6.10 Å². The van der Waals surface area contributed by atoms with Crippen LogP contribution < -0.4 is 0 Å². The van der Waals surface area contributed by atoms with Gasteiger partial charge in [-0.1, -0.05) is 261 Å². The highest BCUT2D eigenvalue weighted by molar-refractivity contribution is 5.71. The van der Waals surface area contributed by atoms with Crippen LogP contribution in [0.1, 0.15) is 284 Å². The maximum absolute atomic E-state index is 12.8. The van der Waals surface area contributed by atoms with E-state index in [9.17, 15) is 14.4 Å². The highest BCUT2D eigenvalue weighted by atomic mass is 16.6. The molecule has 0 fully saturated rings. The van der Waals surface area contributed by atoms with Crippen LogP contribution in [0.5, 0.6) is 0 Å². The zero-order valence-corrected chi connectivity index (χ0v) is 43.7. The van der Waals surface area contributed by atoms with E-state index >= 15 is 0 Å². The molecule has 0 aromatic heterocycles. The Labute approximate surface area is 409 Å². The molecule has 0 bridgehead atoms. The number of hydrogen-bond acceptors (Lipinski definition) is 6. The van der Waals surface area contributed by atoms with E-state index in [2.05, 4.69) is 51.2 Å². The summed E-state index contributed by atoms with van der Waals surface area (Å²) in [6.07, 6.45) is 67.9. The summed E-state index contributed by atoms with van der Waals surface area (Å²) in [4.78, 5) is 38.1. The predicted octanol–water partition coefficient (Wildman–Crippen LogP) is 18.8. The number of ether oxygens (including phenoxy) is 3. The van der Waals surface area contributed by atoms with E-state index in [-0.39, 0.29) is 31.1 Å². The summed E-state index contributed by atoms with van der Waals surface area (Å²) in [5.74, 6) is -0.920. The molecule has 0 N–H and O–H groups in total. The number of unbranched alkanes of at least 4 members (excludes halogenated alkanes) is 33. The molecular formula is C60H106O6. The zero-order valence-electron chi connectivity index (χ0n) is 43.7. The minimum atomic E-state index is -0.790. The Balaban J connectivity index is 4.37. The first kappa shape index (κ1) is 63.1. The molecule has 0 heterocycles. The standard InChI is InChI=1S/C60H106O6/c1-4-7-10-13-16-19-22-25-27-29-30-31-33-35-38-41-44-47-50-53-59(62)65-56-57(55-64-58(61)52-49-46-43-40-37-34-24-21-18-15-12-9-6-3)66-60(63)54-51-48-45-42-39-36-32-28-26-23-20-17-14-11-8-5-2/h9,12,15,18,21,24,29-30,34,37,57H,4-8,10-11,13-14,16-17,19-20,22-23,25-28,31-33,35-36,38-56H2,1-3H3/b12-9-,18-15-,24-21-,30-29-,37-34-. The Hall–Kier alpha value is -2.89. The Bertz CT molecular complexity index is 1200. The van der Waals surface area contributed by atoms with Gasteiger partial charge in [-0.3, -0.25) is 14.4 Å². The maximum atomic E-state index is 12.8. The van der Waals surface area contributed by atoms with Crippen LogP contribution in [0.15, 0.2) is 60.8 Å². The van der Waals surface area contributed by atoms with Crippen molar-refractivity contribution in [3.8, 4) is 0 Å². The summed E-state index contributed by atoms with van der Waals surface area (Å²) >= 11 is 0. The second-order valence-corrected chi connectivity index (χ2v) is 18.9. The summed E-state index contributed by atoms with van der Waals surface area (Å²) in [6.45, 7) is 6.49. The van der Waals surface area contributed by atoms with Gasteiger partial charge in [-0.25, -0.2) is 0 Å². The number of esters is 3. The van der Waals surface area contributed by atoms with Gasteiger partial charge in [0.1, 0.15) is 13.2 Å². The van der Waals surface area contributed by atoms with Crippen molar-refractivity contribution in [1.82, 2.24) is 0 Å². The molecule has 6 heteroatoms. The van der Waals surface area contributed by atoms with Crippen LogP contribution in [-0.2, 0) is 28.6 Å². The molecule has 0 aliphatic heterocycles. The summed E-state index contributed by atoms with van der Waals surface area (Å²) in [5, 5.41) is 0. The van der Waals surface area contributed by atoms with Crippen LogP contribution in [0.3, 0.4) is 0 Å². The van der Waals surface area contributed by atoms with Crippen molar-refractivity contribution in [3.63, 3.8) is 0 Å². The van der Waals surface area contributed by atoms with Gasteiger partial charge in [0, 0.05) is 19.3 Å². The van der Waals surface area contributed by atoms with Gasteiger partial charge >= 0.3 is 17.9 Å². The van der Waals surface area contributed by atoms with Crippen molar-refractivity contribution in [3.05, 3.63) is 60.8 Å². The highest BCUT2D eigenvalue weighted by Gasteiger charge is 2.19. The number of hydrogen-bond donors (Lipinski definition) is 0. The molecule has 0 saturated heterocycles. The van der Waals surface area contributed by atoms with Gasteiger partial charge in [-0.05, 0) is 64.2 Å². The van der Waals surface area contributed by atoms with Crippen molar-refractivity contribution >= 4 is 17.9 Å². The third-order valence-electron chi connectivity index (χ3n) is 12.4. The summed E-state index contributed by atoms with van der Waals surface area (Å²) in [6, 6.07) is 0. The molecule has 0 aliphatic carbocycles. The van der Waals surface area contributed by atoms with Crippen molar-refractivity contribution in [2.75, 3.05) is 13.2 Å². The first-order valence-corrected chi connectivity index (χ1v) is 28.3. The van der Waals surface area contributed by atoms with Gasteiger partial charge in [0.25, 0.3) is 0 Å². The smallest absolute Gasteiger partial charge is 0.306 e. The van der Waals surface area contributed by atoms with Crippen LogP contribution in [-0.4, -0.2) is 37.2 Å². The molecule has 0 aromatic carbocycles. The zero-order chi connectivity index (χ0) is 47.9. The van der Waals surface area contributed by atoms with E-state index in [0.717, 1.165) is 70.6 Å². The fraction of sp³-hybridized carbons (Fsp3) is 0.783. The lowest BCUT2D eigenvalue weighted by Gasteiger charge is -2.18. The topological polar surface area (TPSA) is 78.9 Å². The Morgan fingerprint density at radius 1 is 0.318 bits per heavy atom. The first-order valence-electron chi connectivity index (χ1n) is 28.3. The minimum absolute atomic E-state index is 0.0869. The summed E-state index contributed by atoms with van der Waals surface area (Å²) in [7, 11) is 0. The molecule has 0 aromatic rings. The second kappa shape index (κ2) is 54.7. The average Bonchev–Trinajstić information content (AvgIpc) is 3.31. The molecule has 1 atom stereocenters. The Morgan fingerprint density at radius 3 is 0.985 bits per heavy atom. The van der Waals surface area contributed by atoms with Crippen LogP contribution >= 0.6 is 0 Å². The van der Waals surface area contributed by atoms with Gasteiger partial charge in [-0.2, -0.15) is 0 Å². The molecule has 0 saturated carbocycles. The minimum Gasteiger partial charge on any atom is -0.462 e. The molecule has 1 unspecified atom stereocenters. The lowest BCUT2D eigenvalue weighted by atomic mass is 10.0. The van der Waals surface area contributed by atoms with Crippen molar-refractivity contribution < 1.29 is 28.6 Å². The van der Waals surface area contributed by atoms with Gasteiger partial charge < -0.3 is 14.2 Å². The summed E-state index contributed by atoms with van der Waals surface area (Å²) in [5.41, 5.74) is 0. The third-order valence-corrected chi connectivity index (χ3v) is 12.4. The number of carbonyl (C=O) groups excluding carboxylic acids is 3. The lowest BCUT2D eigenvalue weighted by Crippen LogP contribution is -2.30. The molecule has 0 aliphatic rings. The summed E-state index contributed by atoms with van der Waals surface area (Å²) < 4.78 is 16.8. The molecule has 0 radical (unpaired) electrons. The lowest BCUT2D eigenvalue weighted by molar-refractivity contribution is -0.167. The molecule has 382 valence electrons. The van der Waals surface area contributed by atoms with Crippen LogP contribution in [0, 0.1) is 0 Å². The normalized spacial score (nSPS) is 12.5. The molecule has 0 spiro atoms. The molecule has 0 amide bonds. The molecular weight excluding hydrogens is 817 g/mol. The monoisotopic (exact) mass is 923 g/mol. The van der Waals surface area contributed by atoms with Gasteiger partial charge in [-0.15, -0.1) is 0 Å². The van der Waals surface area contributed by atoms with Crippen molar-refractivity contribution in [2.45, 2.75) is 290 Å². The van der Waals surface area contributed by atoms with Crippen LogP contribution in [0.25, 0.3) is 0 Å². The van der Waals surface area contributed by atoms with Crippen LogP contribution in [0.4, 0.5) is 0 Å². The van der Waals surface area contributed by atoms with Crippen LogP contribution in [0.2, 0.25) is 0 Å². The number of carbonyl (C=O) groups is 3. The third kappa shape index (κ3) is 52.1. The van der Waals surface area contributed by atoms with E-state index in [4.69, 9.17) is 14.2 Å². The van der Waals surface area contributed by atoms with Gasteiger partial charge in [0.05, 0.1) is 0 Å². The fourth-order valence-electron chi connectivity index (χ4n) is 8.10. The predicted molar refractivity (Wildman–Crippen MR) is 284 cm³/mol. The second-order valence-electron chi connectivity index (χ2n) is 18.9. The Kier molecular flexibility index (Phi) is 52.3. The van der Waals surface area contributed by atoms with Gasteiger partial charge in [0.2, 0.25) is 0 Å². The largest absolute Gasteiger partial charge is 0.462 e. The highest BCUT2D eigenvalue weighted by Crippen LogP contribution is 2.16. The SMILES string of the molecule is CC\C=C/C=C\C=C/C=C\CCCCCC(=O)OCC(COC(=O)CCCCCCCCC/C=C\CCCCCCCCCC)OC(=O)CCCCCCCCCCCCCCCCCC. The van der Waals surface area contributed by atoms with E-state index < -0.39 is 6.10 Å². The van der Waals surface area contributed by atoms with Crippen molar-refractivity contribution in [2.24, 2.45) is 0 Å². The van der Waals surface area contributed by atoms with E-state index in [0.29, 0.717) is 19.3 Å². The average molecular weight is 924 g/mol. The molecule has 66 heavy (non-hydrogen) atoms. The van der Waals surface area contributed by atoms with Crippen molar-refractivity contribution in [1.29, 1.82) is 0 Å². The fourth-order valence-corrected chi connectivity index (χ4v) is 8.10.